The molecule has 18 heavy (non-hydrogen) atoms. The van der Waals surface area contributed by atoms with E-state index < -0.39 is 11.7 Å². The number of nitrogens with zero attached hydrogens (tertiary/aromatic N) is 1. The van der Waals surface area contributed by atoms with Crippen LogP contribution in [0.1, 0.15) is 16.1 Å². The molecule has 0 radical (unpaired) electrons. The van der Waals surface area contributed by atoms with Crippen molar-refractivity contribution in [1.29, 1.82) is 0 Å². The van der Waals surface area contributed by atoms with Crippen molar-refractivity contribution < 1.29 is 9.90 Å². The second-order valence-corrected chi connectivity index (χ2v) is 4.08. The molecule has 0 aliphatic carbocycles. The Balaban J connectivity index is 2.82. The fourth-order valence-corrected chi connectivity index (χ4v) is 1.92. The first-order chi connectivity index (χ1) is 8.50. The second-order valence-electron chi connectivity index (χ2n) is 3.68. The van der Waals surface area contributed by atoms with E-state index >= 15 is 0 Å². The highest BCUT2D eigenvalue weighted by molar-refractivity contribution is 6.33. The molecule has 1 heterocycles. The van der Waals surface area contributed by atoms with Crippen LogP contribution in [0.15, 0.2) is 29.1 Å². The molecule has 0 amide bonds. The van der Waals surface area contributed by atoms with Crippen molar-refractivity contribution in [3.8, 4) is 11.3 Å². The van der Waals surface area contributed by atoms with Gasteiger partial charge < -0.3 is 10.1 Å². The first-order valence-corrected chi connectivity index (χ1v) is 5.47. The molecule has 0 spiro atoms. The summed E-state index contributed by atoms with van der Waals surface area (Å²) >= 11 is 5.99. The second kappa shape index (κ2) is 4.62. The number of carboxylic acid groups (broad SMARTS) is 1. The third kappa shape index (κ3) is 2.12. The lowest BCUT2D eigenvalue weighted by Crippen LogP contribution is -2.18. The number of halogens is 1. The van der Waals surface area contributed by atoms with Crippen LogP contribution in [0.3, 0.4) is 0 Å². The maximum atomic E-state index is 11.4. The van der Waals surface area contributed by atoms with E-state index in [-0.39, 0.29) is 17.0 Å². The van der Waals surface area contributed by atoms with E-state index in [4.69, 9.17) is 11.6 Å². The number of H-pyrrole nitrogens is 1. The van der Waals surface area contributed by atoms with Gasteiger partial charge >= 0.3 is 11.7 Å². The number of benzene rings is 1. The smallest absolute Gasteiger partial charge is 0.345 e. The third-order valence-electron chi connectivity index (χ3n) is 2.46. The molecule has 0 aliphatic heterocycles. The van der Waals surface area contributed by atoms with Crippen molar-refractivity contribution in [2.24, 2.45) is 0 Å². The van der Waals surface area contributed by atoms with Crippen molar-refractivity contribution >= 4 is 17.6 Å². The molecule has 0 fully saturated rings. The van der Waals surface area contributed by atoms with Crippen LogP contribution in [0.4, 0.5) is 0 Å². The van der Waals surface area contributed by atoms with Gasteiger partial charge in [-0.1, -0.05) is 29.8 Å². The summed E-state index contributed by atoms with van der Waals surface area (Å²) in [5, 5.41) is 9.53. The van der Waals surface area contributed by atoms with Crippen molar-refractivity contribution in [3.05, 3.63) is 51.0 Å². The molecule has 6 heteroatoms. The molecule has 1 aromatic carbocycles. The zero-order chi connectivity index (χ0) is 13.3. The number of aromatic amines is 1. The Morgan fingerprint density at radius 3 is 2.67 bits per heavy atom. The molecule has 1 aromatic heterocycles. The SMILES string of the molecule is Cc1[nH]c(=O)nc(-c2ccccc2Cl)c1C(=O)O. The number of aromatic carboxylic acids is 1. The van der Waals surface area contributed by atoms with Crippen molar-refractivity contribution in [2.75, 3.05) is 0 Å². The zero-order valence-corrected chi connectivity index (χ0v) is 10.2. The highest BCUT2D eigenvalue weighted by atomic mass is 35.5. The number of carboxylic acids is 1. The van der Waals surface area contributed by atoms with Crippen LogP contribution in [0.25, 0.3) is 11.3 Å². The maximum absolute atomic E-state index is 11.4. The van der Waals surface area contributed by atoms with E-state index in [0.717, 1.165) is 0 Å². The van der Waals surface area contributed by atoms with E-state index in [1.54, 1.807) is 24.3 Å². The van der Waals surface area contributed by atoms with Crippen LogP contribution in [0.5, 0.6) is 0 Å². The molecule has 0 saturated heterocycles. The average Bonchev–Trinajstić information content (AvgIpc) is 2.27. The molecule has 0 atom stereocenters. The van der Waals surface area contributed by atoms with Crippen LogP contribution < -0.4 is 5.69 Å². The minimum absolute atomic E-state index is 0.0531. The largest absolute Gasteiger partial charge is 0.478 e. The van der Waals surface area contributed by atoms with Gasteiger partial charge in [-0.2, -0.15) is 4.98 Å². The molecular formula is C12H9ClN2O3. The summed E-state index contributed by atoms with van der Waals surface area (Å²) in [5.74, 6) is -1.16. The van der Waals surface area contributed by atoms with Gasteiger partial charge in [0.05, 0.1) is 5.69 Å². The monoisotopic (exact) mass is 264 g/mol. The highest BCUT2D eigenvalue weighted by Gasteiger charge is 2.19. The molecule has 2 N–H and O–H groups in total. The standard InChI is InChI=1S/C12H9ClN2O3/c1-6-9(11(16)17)10(15-12(18)14-6)7-4-2-3-5-8(7)13/h2-5H,1H3,(H,16,17)(H,14,15,18). The van der Waals surface area contributed by atoms with Gasteiger partial charge in [-0.05, 0) is 13.0 Å². The quantitative estimate of drug-likeness (QED) is 0.870. The van der Waals surface area contributed by atoms with Gasteiger partial charge in [-0.3, -0.25) is 0 Å². The molecule has 5 nitrogen and oxygen atoms in total. The predicted octanol–water partition coefficient (Wildman–Crippen LogP) is 2.10. The number of aromatic nitrogens is 2. The molecule has 0 saturated carbocycles. The number of carbonyl (C=O) groups is 1. The first kappa shape index (κ1) is 12.3. The lowest BCUT2D eigenvalue weighted by atomic mass is 10.0. The molecule has 92 valence electrons. The summed E-state index contributed by atoms with van der Waals surface area (Å²) in [6, 6.07) is 6.65. The van der Waals surface area contributed by atoms with Crippen LogP contribution in [-0.2, 0) is 0 Å². The number of hydrogen-bond donors (Lipinski definition) is 2. The first-order valence-electron chi connectivity index (χ1n) is 5.10. The highest BCUT2D eigenvalue weighted by Crippen LogP contribution is 2.28. The van der Waals surface area contributed by atoms with Gasteiger partial charge in [-0.15, -0.1) is 0 Å². The van der Waals surface area contributed by atoms with Gasteiger partial charge in [-0.25, -0.2) is 9.59 Å². The molecular weight excluding hydrogens is 256 g/mol. The number of hydrogen-bond acceptors (Lipinski definition) is 3. The Morgan fingerprint density at radius 1 is 1.39 bits per heavy atom. The number of nitrogens with one attached hydrogen (secondary N) is 1. The van der Waals surface area contributed by atoms with Gasteiger partial charge in [0.2, 0.25) is 0 Å². The summed E-state index contributed by atoms with van der Waals surface area (Å²) in [7, 11) is 0. The zero-order valence-electron chi connectivity index (χ0n) is 9.40. The molecule has 2 aromatic rings. The van der Waals surface area contributed by atoms with Crippen LogP contribution >= 0.6 is 11.6 Å². The van der Waals surface area contributed by atoms with E-state index in [9.17, 15) is 14.7 Å². The Labute approximate surface area is 107 Å². The van der Waals surface area contributed by atoms with E-state index in [0.29, 0.717) is 10.6 Å². The summed E-state index contributed by atoms with van der Waals surface area (Å²) in [4.78, 5) is 28.7. The molecule has 0 bridgehead atoms. The van der Waals surface area contributed by atoms with Gasteiger partial charge in [0.1, 0.15) is 5.56 Å². The minimum Gasteiger partial charge on any atom is -0.478 e. The summed E-state index contributed by atoms with van der Waals surface area (Å²) in [5.41, 5.74) is 0.0904. The normalized spacial score (nSPS) is 10.3. The fourth-order valence-electron chi connectivity index (χ4n) is 1.70. The molecule has 0 unspecified atom stereocenters. The van der Waals surface area contributed by atoms with Crippen LogP contribution in [0.2, 0.25) is 5.02 Å². The van der Waals surface area contributed by atoms with Gasteiger partial charge in [0.25, 0.3) is 0 Å². The van der Waals surface area contributed by atoms with Gasteiger partial charge in [0.15, 0.2) is 0 Å². The third-order valence-corrected chi connectivity index (χ3v) is 2.79. The lowest BCUT2D eigenvalue weighted by molar-refractivity contribution is 0.0696. The van der Waals surface area contributed by atoms with E-state index in [1.807, 2.05) is 0 Å². The topological polar surface area (TPSA) is 83.0 Å². The Hall–Kier alpha value is -2.14. The lowest BCUT2D eigenvalue weighted by Gasteiger charge is -2.08. The molecule has 2 rings (SSSR count). The predicted molar refractivity (Wildman–Crippen MR) is 67.0 cm³/mol. The Bertz CT molecular complexity index is 679. The fraction of sp³-hybridized carbons (Fsp3) is 0.0833. The van der Waals surface area contributed by atoms with E-state index in [1.165, 1.54) is 6.92 Å². The van der Waals surface area contributed by atoms with Crippen molar-refractivity contribution in [3.63, 3.8) is 0 Å². The summed E-state index contributed by atoms with van der Waals surface area (Å²) in [6.45, 7) is 1.51. The average molecular weight is 265 g/mol. The number of rotatable bonds is 2. The van der Waals surface area contributed by atoms with Crippen molar-refractivity contribution in [2.45, 2.75) is 6.92 Å². The van der Waals surface area contributed by atoms with Crippen molar-refractivity contribution in [1.82, 2.24) is 9.97 Å². The van der Waals surface area contributed by atoms with Crippen LogP contribution in [0, 0.1) is 6.92 Å². The maximum Gasteiger partial charge on any atom is 0.345 e. The van der Waals surface area contributed by atoms with Gasteiger partial charge in [0, 0.05) is 16.3 Å². The minimum atomic E-state index is -1.16. The Kier molecular flexibility index (Phi) is 3.16. The number of aryl methyl sites for hydroxylation is 1. The van der Waals surface area contributed by atoms with Crippen LogP contribution in [-0.4, -0.2) is 21.0 Å². The Morgan fingerprint density at radius 2 is 2.06 bits per heavy atom. The summed E-state index contributed by atoms with van der Waals surface area (Å²) < 4.78 is 0. The van der Waals surface area contributed by atoms with E-state index in [2.05, 4.69) is 9.97 Å². The molecule has 0 aliphatic rings. The summed E-state index contributed by atoms with van der Waals surface area (Å²) in [6.07, 6.45) is 0.